The highest BCUT2D eigenvalue weighted by molar-refractivity contribution is 6.33. The first-order valence-electron chi connectivity index (χ1n) is 10.4. The molecule has 3 fully saturated rings. The van der Waals surface area contributed by atoms with Gasteiger partial charge in [-0.25, -0.2) is 8.78 Å². The Morgan fingerprint density at radius 2 is 1.74 bits per heavy atom. The molecule has 2 aromatic rings. The number of hydrogen-bond acceptors (Lipinski definition) is 3. The number of ether oxygens (including phenoxy) is 1. The van der Waals surface area contributed by atoms with E-state index in [4.69, 9.17) is 16.3 Å². The fourth-order valence-corrected chi connectivity index (χ4v) is 5.23. The number of likely N-dealkylation sites (tertiary alicyclic amines) is 1. The van der Waals surface area contributed by atoms with E-state index >= 15 is 0 Å². The number of carbonyl (C=O) groups excluding carboxylic acids is 2. The van der Waals surface area contributed by atoms with Gasteiger partial charge in [-0.1, -0.05) is 23.7 Å². The molecule has 2 atom stereocenters. The Hall–Kier alpha value is -2.51. The van der Waals surface area contributed by atoms with Gasteiger partial charge < -0.3 is 14.5 Å². The zero-order chi connectivity index (χ0) is 21.8. The molecule has 3 aliphatic heterocycles. The van der Waals surface area contributed by atoms with Gasteiger partial charge in [0.15, 0.2) is 5.60 Å². The van der Waals surface area contributed by atoms with Crippen molar-refractivity contribution in [1.82, 2.24) is 9.80 Å². The molecule has 0 radical (unpaired) electrons. The van der Waals surface area contributed by atoms with E-state index in [0.29, 0.717) is 54.9 Å². The Labute approximate surface area is 183 Å². The molecule has 2 aromatic carbocycles. The van der Waals surface area contributed by atoms with Crippen LogP contribution in [0.5, 0.6) is 0 Å². The summed E-state index contributed by atoms with van der Waals surface area (Å²) >= 11 is 6.16. The van der Waals surface area contributed by atoms with Crippen LogP contribution in [-0.2, 0) is 9.53 Å². The summed E-state index contributed by atoms with van der Waals surface area (Å²) in [6, 6.07) is 9.86. The topological polar surface area (TPSA) is 49.9 Å². The number of amides is 2. The van der Waals surface area contributed by atoms with Gasteiger partial charge in [-0.05, 0) is 42.7 Å². The minimum Gasteiger partial charge on any atom is -0.342 e. The lowest BCUT2D eigenvalue weighted by Gasteiger charge is -2.37. The van der Waals surface area contributed by atoms with Crippen LogP contribution in [0.2, 0.25) is 5.02 Å². The van der Waals surface area contributed by atoms with Crippen LogP contribution in [0, 0.1) is 11.6 Å². The highest BCUT2D eigenvalue weighted by Crippen LogP contribution is 2.47. The maximum absolute atomic E-state index is 13.7. The Kier molecular flexibility index (Phi) is 4.98. The number of benzene rings is 2. The summed E-state index contributed by atoms with van der Waals surface area (Å²) in [7, 11) is 0. The Bertz CT molecular complexity index is 1030. The molecule has 3 aliphatic rings. The molecule has 5 rings (SSSR count). The molecule has 3 heterocycles. The van der Waals surface area contributed by atoms with E-state index in [1.807, 2.05) is 0 Å². The molecule has 5 nitrogen and oxygen atoms in total. The second-order valence-corrected chi connectivity index (χ2v) is 8.75. The van der Waals surface area contributed by atoms with Crippen LogP contribution < -0.4 is 0 Å². The highest BCUT2D eigenvalue weighted by Gasteiger charge is 2.58. The van der Waals surface area contributed by atoms with Crippen molar-refractivity contribution in [3.05, 3.63) is 70.2 Å². The largest absolute Gasteiger partial charge is 0.342 e. The second kappa shape index (κ2) is 7.57. The smallest absolute Gasteiger partial charge is 0.257 e. The van der Waals surface area contributed by atoms with Crippen LogP contribution in [0.3, 0.4) is 0 Å². The molecule has 3 saturated heterocycles. The van der Waals surface area contributed by atoms with Crippen molar-refractivity contribution in [3.8, 4) is 0 Å². The van der Waals surface area contributed by atoms with Crippen molar-refractivity contribution in [2.45, 2.75) is 43.6 Å². The zero-order valence-corrected chi connectivity index (χ0v) is 17.4. The molecule has 0 N–H and O–H groups in total. The van der Waals surface area contributed by atoms with E-state index in [1.165, 1.54) is 12.1 Å². The number of carbonyl (C=O) groups is 2. The third-order valence-electron chi connectivity index (χ3n) is 6.55. The van der Waals surface area contributed by atoms with Crippen LogP contribution in [0.25, 0.3) is 0 Å². The zero-order valence-electron chi connectivity index (χ0n) is 16.7. The average Bonchev–Trinajstić information content (AvgIpc) is 3.26. The van der Waals surface area contributed by atoms with Crippen molar-refractivity contribution >= 4 is 23.4 Å². The molecular formula is C23H21ClF2N2O3. The lowest BCUT2D eigenvalue weighted by molar-refractivity contribution is -0.142. The van der Waals surface area contributed by atoms with Gasteiger partial charge in [-0.2, -0.15) is 0 Å². The fourth-order valence-electron chi connectivity index (χ4n) is 5.02. The number of nitrogens with zero attached hydrogens (tertiary/aromatic N) is 2. The number of halogens is 3. The Morgan fingerprint density at radius 1 is 1.06 bits per heavy atom. The van der Waals surface area contributed by atoms with Crippen molar-refractivity contribution < 1.29 is 23.1 Å². The Balaban J connectivity index is 1.32. The summed E-state index contributed by atoms with van der Waals surface area (Å²) in [6.45, 7) is 0.741. The van der Waals surface area contributed by atoms with E-state index in [2.05, 4.69) is 0 Å². The van der Waals surface area contributed by atoms with Gasteiger partial charge in [0.1, 0.15) is 17.9 Å². The van der Waals surface area contributed by atoms with Gasteiger partial charge in [0.25, 0.3) is 11.8 Å². The number of hydrogen-bond donors (Lipinski definition) is 0. The van der Waals surface area contributed by atoms with E-state index in [1.54, 1.807) is 34.1 Å². The summed E-state index contributed by atoms with van der Waals surface area (Å²) in [5.41, 5.74) is -0.111. The molecule has 1 spiro atoms. The molecule has 0 saturated carbocycles. The standard InChI is InChI=1S/C23H21ClF2N2O3/c24-18-4-2-1-3-17(18)21(29)27-9-7-23(8-10-27)22(30)28-19(5-6-20(28)31-23)14-11-15(25)13-16(26)12-14/h1-4,11-13,19-20H,5-10H2. The van der Waals surface area contributed by atoms with Crippen LogP contribution in [-0.4, -0.2) is 46.5 Å². The number of piperidine rings is 1. The van der Waals surface area contributed by atoms with E-state index in [0.717, 1.165) is 6.07 Å². The molecule has 2 amide bonds. The lowest BCUT2D eigenvalue weighted by atomic mass is 9.89. The maximum Gasteiger partial charge on any atom is 0.257 e. The molecular weight excluding hydrogens is 426 g/mol. The van der Waals surface area contributed by atoms with Gasteiger partial charge in [0.2, 0.25) is 0 Å². The summed E-state index contributed by atoms with van der Waals surface area (Å²) in [6.07, 6.45) is 1.54. The van der Waals surface area contributed by atoms with Gasteiger partial charge in [-0.3, -0.25) is 9.59 Å². The van der Waals surface area contributed by atoms with Crippen molar-refractivity contribution in [2.24, 2.45) is 0 Å². The SMILES string of the molecule is O=C(c1ccccc1Cl)N1CCC2(CC1)OC1CCC(c3cc(F)cc(F)c3)N1C2=O. The molecule has 0 aromatic heterocycles. The summed E-state index contributed by atoms with van der Waals surface area (Å²) in [5.74, 6) is -1.65. The van der Waals surface area contributed by atoms with Crippen LogP contribution >= 0.6 is 11.6 Å². The quantitative estimate of drug-likeness (QED) is 0.690. The summed E-state index contributed by atoms with van der Waals surface area (Å²) in [5, 5.41) is 0.395. The van der Waals surface area contributed by atoms with Gasteiger partial charge in [0.05, 0.1) is 16.6 Å². The number of fused-ring (bicyclic) bond motifs is 1. The minimum atomic E-state index is -0.994. The van der Waals surface area contributed by atoms with Gasteiger partial charge in [-0.15, -0.1) is 0 Å². The third kappa shape index (κ3) is 3.40. The summed E-state index contributed by atoms with van der Waals surface area (Å²) in [4.78, 5) is 29.6. The molecule has 2 unspecified atom stereocenters. The normalized spacial score (nSPS) is 24.7. The van der Waals surface area contributed by atoms with Gasteiger partial charge in [0, 0.05) is 32.0 Å². The second-order valence-electron chi connectivity index (χ2n) is 8.35. The van der Waals surface area contributed by atoms with E-state index in [-0.39, 0.29) is 11.8 Å². The predicted molar refractivity (Wildman–Crippen MR) is 109 cm³/mol. The van der Waals surface area contributed by atoms with Crippen LogP contribution in [0.1, 0.15) is 47.6 Å². The highest BCUT2D eigenvalue weighted by atomic mass is 35.5. The van der Waals surface area contributed by atoms with Crippen molar-refractivity contribution in [3.63, 3.8) is 0 Å². The number of rotatable bonds is 2. The van der Waals surface area contributed by atoms with E-state index < -0.39 is 29.5 Å². The molecule has 8 heteroatoms. The monoisotopic (exact) mass is 446 g/mol. The first-order chi connectivity index (χ1) is 14.9. The van der Waals surface area contributed by atoms with Crippen LogP contribution in [0.4, 0.5) is 8.78 Å². The third-order valence-corrected chi connectivity index (χ3v) is 6.88. The van der Waals surface area contributed by atoms with Crippen molar-refractivity contribution in [1.29, 1.82) is 0 Å². The summed E-state index contributed by atoms with van der Waals surface area (Å²) < 4.78 is 33.7. The molecule has 0 aliphatic carbocycles. The first kappa shape index (κ1) is 20.4. The van der Waals surface area contributed by atoms with E-state index in [9.17, 15) is 18.4 Å². The lowest BCUT2D eigenvalue weighted by Crippen LogP contribution is -2.51. The average molecular weight is 447 g/mol. The molecule has 0 bridgehead atoms. The first-order valence-corrected chi connectivity index (χ1v) is 10.8. The fraction of sp³-hybridized carbons (Fsp3) is 0.391. The maximum atomic E-state index is 13.7. The van der Waals surface area contributed by atoms with Gasteiger partial charge >= 0.3 is 0 Å². The van der Waals surface area contributed by atoms with Crippen molar-refractivity contribution in [2.75, 3.05) is 13.1 Å². The molecule has 162 valence electrons. The van der Waals surface area contributed by atoms with Crippen LogP contribution in [0.15, 0.2) is 42.5 Å². The minimum absolute atomic E-state index is 0.158. The molecule has 31 heavy (non-hydrogen) atoms. The Morgan fingerprint density at radius 3 is 2.42 bits per heavy atom. The predicted octanol–water partition coefficient (Wildman–Crippen LogP) is 4.31.